The number of rotatable bonds is 8. The number of carboxylic acids is 1. The minimum absolute atomic E-state index is 0.189. The van der Waals surface area contributed by atoms with E-state index in [1.165, 1.54) is 0 Å². The quantitative estimate of drug-likeness (QED) is 0.557. The molecule has 0 aliphatic heterocycles. The maximum absolute atomic E-state index is 11.5. The minimum atomic E-state index is -1.01. The van der Waals surface area contributed by atoms with Gasteiger partial charge in [0.25, 0.3) is 0 Å². The fourth-order valence-electron chi connectivity index (χ4n) is 1.14. The molecular formula is C11H22N2O4. The van der Waals surface area contributed by atoms with Crippen LogP contribution < -0.4 is 10.6 Å². The van der Waals surface area contributed by atoms with Gasteiger partial charge in [-0.1, -0.05) is 13.8 Å². The van der Waals surface area contributed by atoms with Crippen molar-refractivity contribution in [3.05, 3.63) is 0 Å². The Bertz CT molecular complexity index is 252. The highest BCUT2D eigenvalue weighted by molar-refractivity contribution is 5.74. The Kier molecular flexibility index (Phi) is 7.29. The second-order valence-electron chi connectivity index (χ2n) is 4.09. The molecule has 0 aromatic rings. The third kappa shape index (κ3) is 7.57. The lowest BCUT2D eigenvalue weighted by Gasteiger charge is -2.28. The second-order valence-corrected chi connectivity index (χ2v) is 4.09. The van der Waals surface area contributed by atoms with Gasteiger partial charge in [-0.2, -0.15) is 0 Å². The Morgan fingerprint density at radius 1 is 1.29 bits per heavy atom. The van der Waals surface area contributed by atoms with Gasteiger partial charge in [-0.15, -0.1) is 0 Å². The fraction of sp³-hybridized carbons (Fsp3) is 0.818. The lowest BCUT2D eigenvalue weighted by Crippen LogP contribution is -2.50. The highest BCUT2D eigenvalue weighted by atomic mass is 16.5. The van der Waals surface area contributed by atoms with Crippen LogP contribution in [-0.2, 0) is 9.53 Å². The molecule has 0 aliphatic rings. The molecule has 0 saturated heterocycles. The lowest BCUT2D eigenvalue weighted by atomic mass is 9.96. The van der Waals surface area contributed by atoms with E-state index in [9.17, 15) is 9.59 Å². The molecule has 6 nitrogen and oxygen atoms in total. The van der Waals surface area contributed by atoms with Crippen LogP contribution in [-0.4, -0.2) is 42.4 Å². The van der Waals surface area contributed by atoms with E-state index in [1.807, 2.05) is 20.8 Å². The molecule has 0 aliphatic carbocycles. The van der Waals surface area contributed by atoms with E-state index in [4.69, 9.17) is 9.84 Å². The smallest absolute Gasteiger partial charge is 0.329 e. The van der Waals surface area contributed by atoms with Gasteiger partial charge in [0.2, 0.25) is 0 Å². The van der Waals surface area contributed by atoms with Gasteiger partial charge in [0.15, 0.2) is 0 Å². The van der Waals surface area contributed by atoms with Crippen molar-refractivity contribution in [2.45, 2.75) is 39.2 Å². The first kappa shape index (κ1) is 15.7. The number of amides is 2. The number of nitrogens with one attached hydrogen (secondary N) is 2. The summed E-state index contributed by atoms with van der Waals surface area (Å²) >= 11 is 0. The monoisotopic (exact) mass is 246 g/mol. The van der Waals surface area contributed by atoms with Crippen LogP contribution in [0, 0.1) is 0 Å². The molecule has 0 rings (SSSR count). The standard InChI is InChI=1S/C11H22N2O4/c1-4-11(3,5-2)13-10(16)12-6-7-17-8-9(14)15/h4-8H2,1-3H3,(H,14,15)(H2,12,13,16). The van der Waals surface area contributed by atoms with Crippen molar-refractivity contribution >= 4 is 12.0 Å². The van der Waals surface area contributed by atoms with E-state index in [2.05, 4.69) is 10.6 Å². The average molecular weight is 246 g/mol. The number of hydrogen-bond donors (Lipinski definition) is 3. The average Bonchev–Trinajstić information content (AvgIpc) is 2.28. The summed E-state index contributed by atoms with van der Waals surface area (Å²) in [6.45, 7) is 6.15. The Hall–Kier alpha value is -1.30. The summed E-state index contributed by atoms with van der Waals surface area (Å²) in [5, 5.41) is 13.8. The van der Waals surface area contributed by atoms with Crippen LogP contribution in [0.25, 0.3) is 0 Å². The molecule has 100 valence electrons. The molecule has 0 fully saturated rings. The first-order chi connectivity index (χ1) is 7.93. The number of hydrogen-bond acceptors (Lipinski definition) is 3. The summed E-state index contributed by atoms with van der Waals surface area (Å²) in [5.41, 5.74) is -0.202. The molecular weight excluding hydrogens is 224 g/mol. The zero-order chi connectivity index (χ0) is 13.3. The maximum atomic E-state index is 11.5. The minimum Gasteiger partial charge on any atom is -0.480 e. The van der Waals surface area contributed by atoms with E-state index >= 15 is 0 Å². The Balaban J connectivity index is 3.69. The number of ether oxygens (including phenoxy) is 1. The van der Waals surface area contributed by atoms with E-state index in [0.717, 1.165) is 12.8 Å². The first-order valence-electron chi connectivity index (χ1n) is 5.79. The van der Waals surface area contributed by atoms with Crippen molar-refractivity contribution < 1.29 is 19.4 Å². The topological polar surface area (TPSA) is 87.7 Å². The molecule has 0 radical (unpaired) electrons. The molecule has 6 heteroatoms. The third-order valence-electron chi connectivity index (χ3n) is 2.73. The van der Waals surface area contributed by atoms with Gasteiger partial charge in [-0.3, -0.25) is 0 Å². The Labute approximate surface area is 102 Å². The van der Waals surface area contributed by atoms with Gasteiger partial charge in [0.1, 0.15) is 6.61 Å². The van der Waals surface area contributed by atoms with E-state index in [1.54, 1.807) is 0 Å². The highest BCUT2D eigenvalue weighted by Gasteiger charge is 2.21. The van der Waals surface area contributed by atoms with Crippen LogP contribution in [0.4, 0.5) is 4.79 Å². The summed E-state index contributed by atoms with van der Waals surface area (Å²) in [7, 11) is 0. The zero-order valence-corrected chi connectivity index (χ0v) is 10.7. The number of urea groups is 1. The van der Waals surface area contributed by atoms with Gasteiger partial charge in [-0.05, 0) is 19.8 Å². The predicted molar refractivity (Wildman–Crippen MR) is 64.0 cm³/mol. The van der Waals surface area contributed by atoms with Gasteiger partial charge in [-0.25, -0.2) is 9.59 Å². The molecule has 0 heterocycles. The van der Waals surface area contributed by atoms with Crippen molar-refractivity contribution in [2.75, 3.05) is 19.8 Å². The molecule has 0 aromatic carbocycles. The van der Waals surface area contributed by atoms with Crippen molar-refractivity contribution in [2.24, 2.45) is 0 Å². The summed E-state index contributed by atoms with van der Waals surface area (Å²) in [6, 6.07) is -0.255. The molecule has 0 aromatic heterocycles. The van der Waals surface area contributed by atoms with Crippen LogP contribution in [0.5, 0.6) is 0 Å². The lowest BCUT2D eigenvalue weighted by molar-refractivity contribution is -0.142. The summed E-state index contributed by atoms with van der Waals surface area (Å²) in [5.74, 6) is -1.01. The van der Waals surface area contributed by atoms with Gasteiger partial charge >= 0.3 is 12.0 Å². The van der Waals surface area contributed by atoms with Crippen molar-refractivity contribution in [1.82, 2.24) is 10.6 Å². The van der Waals surface area contributed by atoms with Crippen LogP contribution in [0.1, 0.15) is 33.6 Å². The molecule has 0 unspecified atom stereocenters. The van der Waals surface area contributed by atoms with Gasteiger partial charge in [0.05, 0.1) is 6.61 Å². The van der Waals surface area contributed by atoms with E-state index in [0.29, 0.717) is 6.54 Å². The second kappa shape index (κ2) is 7.89. The third-order valence-corrected chi connectivity index (χ3v) is 2.73. The van der Waals surface area contributed by atoms with Gasteiger partial charge < -0.3 is 20.5 Å². The Morgan fingerprint density at radius 3 is 2.35 bits per heavy atom. The number of aliphatic carboxylic acids is 1. The normalized spacial score (nSPS) is 11.0. The van der Waals surface area contributed by atoms with Crippen LogP contribution in [0.3, 0.4) is 0 Å². The number of carboxylic acid groups (broad SMARTS) is 1. The SMILES string of the molecule is CCC(C)(CC)NC(=O)NCCOCC(=O)O. The molecule has 17 heavy (non-hydrogen) atoms. The molecule has 0 bridgehead atoms. The summed E-state index contributed by atoms with van der Waals surface area (Å²) in [6.07, 6.45) is 1.71. The van der Waals surface area contributed by atoms with E-state index < -0.39 is 5.97 Å². The zero-order valence-electron chi connectivity index (χ0n) is 10.7. The molecule has 0 atom stereocenters. The Morgan fingerprint density at radius 2 is 1.88 bits per heavy atom. The maximum Gasteiger partial charge on any atom is 0.329 e. The number of carbonyl (C=O) groups excluding carboxylic acids is 1. The van der Waals surface area contributed by atoms with Crippen LogP contribution >= 0.6 is 0 Å². The molecule has 3 N–H and O–H groups in total. The highest BCUT2D eigenvalue weighted by Crippen LogP contribution is 2.12. The fourth-order valence-corrected chi connectivity index (χ4v) is 1.14. The van der Waals surface area contributed by atoms with Crippen LogP contribution in [0.2, 0.25) is 0 Å². The first-order valence-corrected chi connectivity index (χ1v) is 5.79. The largest absolute Gasteiger partial charge is 0.480 e. The molecule has 0 spiro atoms. The van der Waals surface area contributed by atoms with Crippen molar-refractivity contribution in [3.8, 4) is 0 Å². The number of carbonyl (C=O) groups is 2. The predicted octanol–water partition coefficient (Wildman–Crippen LogP) is 0.965. The molecule has 0 saturated carbocycles. The van der Waals surface area contributed by atoms with Gasteiger partial charge in [0, 0.05) is 12.1 Å². The molecule has 2 amide bonds. The summed E-state index contributed by atoms with van der Waals surface area (Å²) < 4.78 is 4.79. The summed E-state index contributed by atoms with van der Waals surface area (Å²) in [4.78, 5) is 21.6. The van der Waals surface area contributed by atoms with Crippen molar-refractivity contribution in [3.63, 3.8) is 0 Å². The van der Waals surface area contributed by atoms with Crippen molar-refractivity contribution in [1.29, 1.82) is 0 Å². The van der Waals surface area contributed by atoms with E-state index in [-0.39, 0.29) is 24.8 Å². The van der Waals surface area contributed by atoms with Crippen LogP contribution in [0.15, 0.2) is 0 Å².